The number of hydrogen-bond donors (Lipinski definition) is 1. The maximum atomic E-state index is 14.9. The van der Waals surface area contributed by atoms with Gasteiger partial charge in [-0.15, -0.1) is 24.9 Å². The van der Waals surface area contributed by atoms with E-state index in [4.69, 9.17) is 11.6 Å². The van der Waals surface area contributed by atoms with Gasteiger partial charge in [0, 0.05) is 23.5 Å². The highest BCUT2D eigenvalue weighted by atomic mass is 35.5. The number of aryl methyl sites for hydroxylation is 1. The Bertz CT molecular complexity index is 1410. The second-order valence-corrected chi connectivity index (χ2v) is 14.2. The second-order valence-electron chi connectivity index (χ2n) is 11.9. The highest BCUT2D eigenvalue weighted by molar-refractivity contribution is 8.02. The predicted octanol–water partition coefficient (Wildman–Crippen LogP) is 5.64. The largest absolute Gasteiger partial charge is 0.394 e. The lowest BCUT2D eigenvalue weighted by Gasteiger charge is -2.40. The van der Waals surface area contributed by atoms with Gasteiger partial charge in [-0.25, -0.2) is 0 Å². The molecule has 2 unspecified atom stereocenters. The Morgan fingerprint density at radius 3 is 2.37 bits per heavy atom. The molecule has 3 fully saturated rings. The molecular weight excluding hydrogens is 582 g/mol. The first-order valence-corrected chi connectivity index (χ1v) is 16.1. The molecule has 5 rings (SSSR count). The van der Waals surface area contributed by atoms with E-state index in [1.54, 1.807) is 44.7 Å². The van der Waals surface area contributed by atoms with Crippen molar-refractivity contribution < 1.29 is 19.5 Å². The molecule has 3 heterocycles. The van der Waals surface area contributed by atoms with Gasteiger partial charge in [-0.1, -0.05) is 61.0 Å². The monoisotopic (exact) mass is 621 g/mol. The average Bonchev–Trinajstić information content (AvgIpc) is 3.56. The Kier molecular flexibility index (Phi) is 8.85. The quantitative estimate of drug-likeness (QED) is 0.329. The third-order valence-corrected chi connectivity index (χ3v) is 11.8. The predicted molar refractivity (Wildman–Crippen MR) is 174 cm³/mol. The molecule has 3 amide bonds. The van der Waals surface area contributed by atoms with E-state index < -0.39 is 33.4 Å². The van der Waals surface area contributed by atoms with Crippen molar-refractivity contribution in [2.75, 3.05) is 29.5 Å². The van der Waals surface area contributed by atoms with E-state index in [0.29, 0.717) is 36.5 Å². The van der Waals surface area contributed by atoms with Crippen molar-refractivity contribution >= 4 is 52.5 Å². The summed E-state index contributed by atoms with van der Waals surface area (Å²) in [5.74, 6) is -2.02. The van der Waals surface area contributed by atoms with Gasteiger partial charge in [0.25, 0.3) is 5.91 Å². The van der Waals surface area contributed by atoms with Crippen molar-refractivity contribution in [3.8, 4) is 0 Å². The van der Waals surface area contributed by atoms with Gasteiger partial charge in [0.15, 0.2) is 0 Å². The number of carbonyl (C=O) groups is 3. The van der Waals surface area contributed by atoms with Crippen LogP contribution in [0, 0.1) is 18.8 Å². The molecule has 6 atom stereocenters. The topological polar surface area (TPSA) is 81.2 Å². The van der Waals surface area contributed by atoms with E-state index >= 15 is 0 Å². The fourth-order valence-electron chi connectivity index (χ4n) is 7.59. The number of likely N-dealkylation sites (tertiary alicyclic amines) is 1. The third kappa shape index (κ3) is 4.92. The molecule has 3 aliphatic rings. The zero-order chi connectivity index (χ0) is 31.1. The van der Waals surface area contributed by atoms with Gasteiger partial charge in [-0.05, 0) is 56.9 Å². The Hall–Kier alpha value is -3.07. The summed E-state index contributed by atoms with van der Waals surface area (Å²) in [6.07, 6.45) is 5.11. The Morgan fingerprint density at radius 1 is 1.09 bits per heavy atom. The molecule has 2 aromatic rings. The molecule has 0 saturated carbocycles. The number of aliphatic hydroxyl groups excluding tert-OH is 1. The highest BCUT2D eigenvalue weighted by Gasteiger charge is 2.78. The maximum absolute atomic E-state index is 14.9. The number of para-hydroxylation sites is 2. The number of fused-ring (bicyclic) bond motifs is 1. The number of aliphatic hydroxyl groups is 1. The van der Waals surface area contributed by atoms with Gasteiger partial charge in [-0.3, -0.25) is 14.4 Å². The molecule has 1 N–H and O–H groups in total. The molecule has 0 aromatic heterocycles. The van der Waals surface area contributed by atoms with Crippen molar-refractivity contribution in [2.45, 2.75) is 61.6 Å². The molecule has 0 radical (unpaired) electrons. The summed E-state index contributed by atoms with van der Waals surface area (Å²) >= 11 is 8.30. The molecule has 7 nitrogen and oxygen atoms in total. The van der Waals surface area contributed by atoms with Crippen LogP contribution in [0.4, 0.5) is 11.4 Å². The molecule has 3 saturated heterocycles. The van der Waals surface area contributed by atoms with Gasteiger partial charge in [-0.2, -0.15) is 0 Å². The lowest BCUT2D eigenvalue weighted by atomic mass is 9.66. The van der Waals surface area contributed by atoms with Crippen molar-refractivity contribution in [2.24, 2.45) is 11.8 Å². The summed E-state index contributed by atoms with van der Waals surface area (Å²) < 4.78 is -1.38. The van der Waals surface area contributed by atoms with Crippen molar-refractivity contribution in [3.05, 3.63) is 84.4 Å². The molecule has 3 aliphatic heterocycles. The summed E-state index contributed by atoms with van der Waals surface area (Å²) in [5.41, 5.74) is 2.14. The molecular formula is C34H40ClN3O4S. The molecule has 43 heavy (non-hydrogen) atoms. The van der Waals surface area contributed by atoms with Crippen LogP contribution in [0.25, 0.3) is 0 Å². The first kappa shape index (κ1) is 31.4. The highest BCUT2D eigenvalue weighted by Crippen LogP contribution is 2.72. The van der Waals surface area contributed by atoms with E-state index in [9.17, 15) is 19.5 Å². The van der Waals surface area contributed by atoms with Crippen molar-refractivity contribution in [1.82, 2.24) is 4.90 Å². The first-order chi connectivity index (χ1) is 20.6. The molecule has 1 spiro atoms. The SMILES string of the molecule is C=CCN(C(=O)[C@H]1[C@H]2C(=O)N([C@@H](CC)CO)C(C(=O)N(CC=C)c3c(C)cccc3Cl)C23CC[C@]1(C)S3)c1ccccc1. The average molecular weight is 622 g/mol. The minimum atomic E-state index is -0.882. The van der Waals surface area contributed by atoms with Crippen LogP contribution in [0.1, 0.15) is 38.7 Å². The summed E-state index contributed by atoms with van der Waals surface area (Å²) in [5, 5.41) is 10.9. The van der Waals surface area contributed by atoms with E-state index in [2.05, 4.69) is 20.1 Å². The molecule has 2 aromatic carbocycles. The lowest BCUT2D eigenvalue weighted by Crippen LogP contribution is -2.57. The van der Waals surface area contributed by atoms with Gasteiger partial charge >= 0.3 is 0 Å². The lowest BCUT2D eigenvalue weighted by molar-refractivity contribution is -0.142. The minimum Gasteiger partial charge on any atom is -0.394 e. The number of hydrogen-bond acceptors (Lipinski definition) is 5. The maximum Gasteiger partial charge on any atom is 0.251 e. The first-order valence-electron chi connectivity index (χ1n) is 14.9. The fraction of sp³-hybridized carbons (Fsp3) is 0.441. The third-order valence-electron chi connectivity index (χ3n) is 9.47. The number of halogens is 1. The summed E-state index contributed by atoms with van der Waals surface area (Å²) in [4.78, 5) is 49.1. The van der Waals surface area contributed by atoms with Crippen LogP contribution in [0.5, 0.6) is 0 Å². The Morgan fingerprint density at radius 2 is 1.77 bits per heavy atom. The standard InChI is InChI=1S/C34H40ClN3O4S/c1-6-19-36(24-14-10-9-11-15-24)30(40)26-27-31(41)38(23(8-3)21-39)29(34(27)18-17-33(26,5)43-34)32(42)37(20-7-2)28-22(4)13-12-16-25(28)35/h6-7,9-16,23,26-27,29,39H,1-2,8,17-21H2,3-5H3/t23-,26+,27-,29?,33-,34?/m0/s1. The zero-order valence-electron chi connectivity index (χ0n) is 25.0. The van der Waals surface area contributed by atoms with Crippen LogP contribution in [-0.2, 0) is 14.4 Å². The molecule has 228 valence electrons. The van der Waals surface area contributed by atoms with Gasteiger partial charge in [0.1, 0.15) is 6.04 Å². The number of nitrogens with zero attached hydrogens (tertiary/aromatic N) is 3. The summed E-state index contributed by atoms with van der Waals surface area (Å²) in [7, 11) is 0. The van der Waals surface area contributed by atoms with Crippen LogP contribution >= 0.6 is 23.4 Å². The van der Waals surface area contributed by atoms with E-state index in [1.165, 1.54) is 0 Å². The summed E-state index contributed by atoms with van der Waals surface area (Å²) in [6.45, 7) is 13.9. The number of thioether (sulfide) groups is 1. The second kappa shape index (κ2) is 12.1. The Balaban J connectivity index is 1.65. The van der Waals surface area contributed by atoms with Gasteiger partial charge in [0.2, 0.25) is 11.8 Å². The van der Waals surface area contributed by atoms with Crippen LogP contribution < -0.4 is 9.80 Å². The van der Waals surface area contributed by atoms with Crippen LogP contribution in [0.2, 0.25) is 5.02 Å². The fourth-order valence-corrected chi connectivity index (χ4v) is 10.2. The number of carbonyl (C=O) groups excluding carboxylic acids is 3. The minimum absolute atomic E-state index is 0.143. The van der Waals surface area contributed by atoms with Crippen molar-refractivity contribution in [3.63, 3.8) is 0 Å². The van der Waals surface area contributed by atoms with E-state index in [1.807, 2.05) is 56.3 Å². The summed E-state index contributed by atoms with van der Waals surface area (Å²) in [6, 6.07) is 13.5. The zero-order valence-corrected chi connectivity index (χ0v) is 26.6. The molecule has 0 aliphatic carbocycles. The van der Waals surface area contributed by atoms with Crippen LogP contribution in [-0.4, -0.2) is 69.0 Å². The smallest absolute Gasteiger partial charge is 0.251 e. The van der Waals surface area contributed by atoms with Gasteiger partial charge < -0.3 is 19.8 Å². The van der Waals surface area contributed by atoms with E-state index in [-0.39, 0.29) is 30.9 Å². The van der Waals surface area contributed by atoms with Crippen LogP contribution in [0.3, 0.4) is 0 Å². The van der Waals surface area contributed by atoms with E-state index in [0.717, 1.165) is 11.3 Å². The number of benzene rings is 2. The Labute approximate surface area is 263 Å². The number of amides is 3. The van der Waals surface area contributed by atoms with Crippen molar-refractivity contribution in [1.29, 1.82) is 0 Å². The molecule has 9 heteroatoms. The normalized spacial score (nSPS) is 28.0. The molecule has 2 bridgehead atoms. The number of rotatable bonds is 11. The van der Waals surface area contributed by atoms with Crippen LogP contribution in [0.15, 0.2) is 73.8 Å². The number of anilines is 2. The van der Waals surface area contributed by atoms with Gasteiger partial charge in [0.05, 0.1) is 39.9 Å².